The summed E-state index contributed by atoms with van der Waals surface area (Å²) in [7, 11) is 0. The second kappa shape index (κ2) is 10.1. The minimum atomic E-state index is -1.16. The molecule has 0 radical (unpaired) electrons. The SMILES string of the molecule is CCc1cc(Oc2c(Cl)cc(CCOC(=O)NCC(=O)O)cc2Cl)ccc1O. The summed E-state index contributed by atoms with van der Waals surface area (Å²) < 4.78 is 10.6. The van der Waals surface area contributed by atoms with Crippen LogP contribution in [0.4, 0.5) is 4.79 Å². The summed E-state index contributed by atoms with van der Waals surface area (Å²) in [5.74, 6) is -0.204. The zero-order valence-corrected chi connectivity index (χ0v) is 16.5. The molecule has 2 aromatic carbocycles. The molecule has 0 atom stereocenters. The van der Waals surface area contributed by atoms with Gasteiger partial charge in [0.05, 0.1) is 16.7 Å². The first-order valence-corrected chi connectivity index (χ1v) is 9.15. The van der Waals surface area contributed by atoms with Crippen molar-refractivity contribution >= 4 is 35.3 Å². The highest BCUT2D eigenvalue weighted by atomic mass is 35.5. The monoisotopic (exact) mass is 427 g/mol. The minimum absolute atomic E-state index is 0.0239. The fourth-order valence-electron chi connectivity index (χ4n) is 2.34. The lowest BCUT2D eigenvalue weighted by atomic mass is 10.1. The average Bonchev–Trinajstić information content (AvgIpc) is 2.64. The van der Waals surface area contributed by atoms with Gasteiger partial charge in [0, 0.05) is 6.42 Å². The van der Waals surface area contributed by atoms with Gasteiger partial charge in [0.2, 0.25) is 0 Å². The quantitative estimate of drug-likeness (QED) is 0.576. The number of hydrogen-bond acceptors (Lipinski definition) is 5. The van der Waals surface area contributed by atoms with Crippen LogP contribution in [0.15, 0.2) is 30.3 Å². The van der Waals surface area contributed by atoms with Crippen LogP contribution in [-0.4, -0.2) is 35.4 Å². The van der Waals surface area contributed by atoms with E-state index in [2.05, 4.69) is 5.32 Å². The Kier molecular flexibility index (Phi) is 7.78. The van der Waals surface area contributed by atoms with E-state index in [0.29, 0.717) is 24.2 Å². The Morgan fingerprint density at radius 2 is 1.82 bits per heavy atom. The average molecular weight is 428 g/mol. The molecule has 2 aromatic rings. The van der Waals surface area contributed by atoms with Crippen molar-refractivity contribution in [2.45, 2.75) is 19.8 Å². The Labute approximate surface area is 171 Å². The van der Waals surface area contributed by atoms with Crippen molar-refractivity contribution in [1.29, 1.82) is 0 Å². The van der Waals surface area contributed by atoms with E-state index in [1.165, 1.54) is 6.07 Å². The van der Waals surface area contributed by atoms with Crippen LogP contribution in [-0.2, 0) is 22.4 Å². The van der Waals surface area contributed by atoms with Gasteiger partial charge in [-0.15, -0.1) is 0 Å². The molecule has 9 heteroatoms. The van der Waals surface area contributed by atoms with Gasteiger partial charge < -0.3 is 25.0 Å². The first-order valence-electron chi connectivity index (χ1n) is 8.40. The first kappa shape index (κ1) is 21.7. The van der Waals surface area contributed by atoms with Gasteiger partial charge in [-0.2, -0.15) is 0 Å². The van der Waals surface area contributed by atoms with E-state index in [0.717, 1.165) is 5.56 Å². The molecule has 0 fully saturated rings. The van der Waals surface area contributed by atoms with Crippen LogP contribution < -0.4 is 10.1 Å². The number of carbonyl (C=O) groups excluding carboxylic acids is 1. The molecule has 0 aliphatic carbocycles. The van der Waals surface area contributed by atoms with Gasteiger partial charge in [-0.05, 0) is 47.9 Å². The molecule has 0 aromatic heterocycles. The highest BCUT2D eigenvalue weighted by molar-refractivity contribution is 6.37. The number of phenols is 1. The van der Waals surface area contributed by atoms with Crippen LogP contribution in [0, 0.1) is 0 Å². The second-order valence-electron chi connectivity index (χ2n) is 5.77. The molecule has 0 unspecified atom stereocenters. The standard InChI is InChI=1S/C19H19Cl2NO6/c1-2-12-9-13(3-4-16(12)23)28-18-14(20)7-11(8-15(18)21)5-6-27-19(26)22-10-17(24)25/h3-4,7-9,23H,2,5-6,10H2,1H3,(H,22,26)(H,24,25). The Morgan fingerprint density at radius 3 is 2.43 bits per heavy atom. The number of aryl methyl sites for hydroxylation is 1. The predicted octanol–water partition coefficient (Wildman–Crippen LogP) is 4.41. The van der Waals surface area contributed by atoms with Gasteiger partial charge in [0.15, 0.2) is 5.75 Å². The van der Waals surface area contributed by atoms with E-state index in [-0.39, 0.29) is 28.2 Å². The van der Waals surface area contributed by atoms with Crippen LogP contribution in [0.1, 0.15) is 18.1 Å². The van der Waals surface area contributed by atoms with Gasteiger partial charge in [0.25, 0.3) is 0 Å². The van der Waals surface area contributed by atoms with E-state index in [1.54, 1.807) is 24.3 Å². The van der Waals surface area contributed by atoms with Crippen molar-refractivity contribution in [2.24, 2.45) is 0 Å². The molecule has 150 valence electrons. The molecule has 0 aliphatic heterocycles. The van der Waals surface area contributed by atoms with Crippen molar-refractivity contribution in [3.05, 3.63) is 51.5 Å². The lowest BCUT2D eigenvalue weighted by molar-refractivity contribution is -0.135. The highest BCUT2D eigenvalue weighted by Crippen LogP contribution is 2.38. The lowest BCUT2D eigenvalue weighted by Crippen LogP contribution is -2.30. The number of nitrogens with one attached hydrogen (secondary N) is 1. The zero-order chi connectivity index (χ0) is 20.7. The maximum atomic E-state index is 11.3. The molecule has 0 aliphatic rings. The van der Waals surface area contributed by atoms with Crippen LogP contribution >= 0.6 is 23.2 Å². The molecule has 0 saturated heterocycles. The highest BCUT2D eigenvalue weighted by Gasteiger charge is 2.13. The van der Waals surface area contributed by atoms with Gasteiger partial charge in [0.1, 0.15) is 18.0 Å². The Hall–Kier alpha value is -2.64. The van der Waals surface area contributed by atoms with Crippen molar-refractivity contribution in [3.63, 3.8) is 0 Å². The number of phenolic OH excluding ortho intramolecular Hbond substituents is 1. The van der Waals surface area contributed by atoms with E-state index in [9.17, 15) is 14.7 Å². The van der Waals surface area contributed by atoms with E-state index < -0.39 is 18.6 Å². The number of alkyl carbamates (subject to hydrolysis) is 1. The third kappa shape index (κ3) is 6.21. The Morgan fingerprint density at radius 1 is 1.14 bits per heavy atom. The summed E-state index contributed by atoms with van der Waals surface area (Å²) in [5.41, 5.74) is 1.45. The molecule has 0 saturated carbocycles. The molecule has 2 rings (SSSR count). The molecule has 1 amide bonds. The third-order valence-corrected chi connectivity index (χ3v) is 4.28. The molecule has 0 bridgehead atoms. The van der Waals surface area contributed by atoms with E-state index >= 15 is 0 Å². The van der Waals surface area contributed by atoms with E-state index in [4.69, 9.17) is 37.8 Å². The number of ether oxygens (including phenoxy) is 2. The fourth-order valence-corrected chi connectivity index (χ4v) is 2.95. The minimum Gasteiger partial charge on any atom is -0.508 e. The first-order chi connectivity index (χ1) is 13.3. The fraction of sp³-hybridized carbons (Fsp3) is 0.263. The van der Waals surface area contributed by atoms with Crippen LogP contribution in [0.3, 0.4) is 0 Å². The van der Waals surface area contributed by atoms with Crippen molar-refractivity contribution in [2.75, 3.05) is 13.2 Å². The molecular weight excluding hydrogens is 409 g/mol. The zero-order valence-electron chi connectivity index (χ0n) is 15.0. The predicted molar refractivity (Wildman–Crippen MR) is 105 cm³/mol. The van der Waals surface area contributed by atoms with E-state index in [1.807, 2.05) is 6.92 Å². The van der Waals surface area contributed by atoms with Gasteiger partial charge in [-0.25, -0.2) is 4.79 Å². The summed E-state index contributed by atoms with van der Waals surface area (Å²) in [5, 5.41) is 20.9. The van der Waals surface area contributed by atoms with Crippen molar-refractivity contribution in [3.8, 4) is 17.2 Å². The van der Waals surface area contributed by atoms with Crippen molar-refractivity contribution in [1.82, 2.24) is 5.32 Å². The van der Waals surface area contributed by atoms with Crippen LogP contribution in [0.2, 0.25) is 10.0 Å². The lowest BCUT2D eigenvalue weighted by Gasteiger charge is -2.13. The number of hydrogen-bond donors (Lipinski definition) is 3. The smallest absolute Gasteiger partial charge is 0.407 e. The summed E-state index contributed by atoms with van der Waals surface area (Å²) >= 11 is 12.5. The molecular formula is C19H19Cl2NO6. The summed E-state index contributed by atoms with van der Waals surface area (Å²) in [4.78, 5) is 21.7. The topological polar surface area (TPSA) is 105 Å². The number of carbonyl (C=O) groups is 2. The Bertz CT molecular complexity index is 848. The van der Waals surface area contributed by atoms with Gasteiger partial charge in [-0.3, -0.25) is 4.79 Å². The molecule has 3 N–H and O–H groups in total. The molecule has 0 heterocycles. The number of halogens is 2. The number of carboxylic acid groups (broad SMARTS) is 1. The number of amides is 1. The number of carboxylic acids is 1. The second-order valence-corrected chi connectivity index (χ2v) is 6.58. The Balaban J connectivity index is 2.00. The number of aliphatic carboxylic acids is 1. The molecule has 0 spiro atoms. The third-order valence-electron chi connectivity index (χ3n) is 3.72. The van der Waals surface area contributed by atoms with Crippen LogP contribution in [0.25, 0.3) is 0 Å². The molecule has 28 heavy (non-hydrogen) atoms. The van der Waals surface area contributed by atoms with Gasteiger partial charge >= 0.3 is 12.1 Å². The van der Waals surface area contributed by atoms with Crippen molar-refractivity contribution < 1.29 is 29.3 Å². The summed E-state index contributed by atoms with van der Waals surface area (Å²) in [6.07, 6.45) is 0.154. The van der Waals surface area contributed by atoms with Crippen LogP contribution in [0.5, 0.6) is 17.2 Å². The summed E-state index contributed by atoms with van der Waals surface area (Å²) in [6.45, 7) is 1.42. The van der Waals surface area contributed by atoms with Gasteiger partial charge in [-0.1, -0.05) is 30.1 Å². The molecule has 7 nitrogen and oxygen atoms in total. The number of rotatable bonds is 8. The largest absolute Gasteiger partial charge is 0.508 e. The number of aromatic hydroxyl groups is 1. The maximum absolute atomic E-state index is 11.3. The maximum Gasteiger partial charge on any atom is 0.407 e. The summed E-state index contributed by atoms with van der Waals surface area (Å²) in [6, 6.07) is 8.14. The number of benzene rings is 2. The normalized spacial score (nSPS) is 10.4.